The molecule has 0 aliphatic rings. The van der Waals surface area contributed by atoms with Crippen LogP contribution in [0.5, 0.6) is 0 Å². The molecule has 0 aromatic carbocycles. The summed E-state index contributed by atoms with van der Waals surface area (Å²) in [6.07, 6.45) is 51.4. The highest BCUT2D eigenvalue weighted by Crippen LogP contribution is 2.45. The monoisotopic (exact) mass is 1380 g/mol. The first-order chi connectivity index (χ1) is 45.2. The molecule has 0 saturated carbocycles. The van der Waals surface area contributed by atoms with Gasteiger partial charge >= 0.3 is 39.5 Å². The van der Waals surface area contributed by atoms with Crippen molar-refractivity contribution in [3.8, 4) is 0 Å². The van der Waals surface area contributed by atoms with Crippen LogP contribution in [0.3, 0.4) is 0 Å². The van der Waals surface area contributed by atoms with Gasteiger partial charge in [-0.3, -0.25) is 37.3 Å². The Hall–Kier alpha value is -1.94. The number of carbonyl (C=O) groups excluding carboxylic acids is 4. The topological polar surface area (TPSA) is 237 Å². The maximum Gasteiger partial charge on any atom is 0.472 e. The van der Waals surface area contributed by atoms with Crippen LogP contribution in [0, 0.1) is 17.8 Å². The van der Waals surface area contributed by atoms with Gasteiger partial charge in [0.25, 0.3) is 0 Å². The van der Waals surface area contributed by atoms with Crippen molar-refractivity contribution in [3.63, 3.8) is 0 Å². The first-order valence-corrected chi connectivity index (χ1v) is 41.8. The summed E-state index contributed by atoms with van der Waals surface area (Å²) in [6.45, 7) is 11.8. The van der Waals surface area contributed by atoms with Crippen LogP contribution in [-0.4, -0.2) is 96.7 Å². The van der Waals surface area contributed by atoms with Gasteiger partial charge in [0.15, 0.2) is 12.2 Å². The largest absolute Gasteiger partial charge is 0.472 e. The zero-order valence-corrected chi connectivity index (χ0v) is 63.2. The van der Waals surface area contributed by atoms with Crippen molar-refractivity contribution in [1.29, 1.82) is 0 Å². The molecule has 5 atom stereocenters. The molecule has 558 valence electrons. The predicted molar refractivity (Wildman–Crippen MR) is 381 cm³/mol. The third kappa shape index (κ3) is 68.6. The molecule has 0 rings (SSSR count). The van der Waals surface area contributed by atoms with Gasteiger partial charge in [-0.2, -0.15) is 0 Å². The average Bonchev–Trinajstić information content (AvgIpc) is 1.44. The third-order valence-corrected chi connectivity index (χ3v) is 19.3. The second-order valence-electron chi connectivity index (χ2n) is 28.5. The number of aliphatic hydroxyl groups excluding tert-OH is 1. The van der Waals surface area contributed by atoms with Crippen LogP contribution in [0.1, 0.15) is 382 Å². The van der Waals surface area contributed by atoms with Gasteiger partial charge in [0.2, 0.25) is 0 Å². The van der Waals surface area contributed by atoms with E-state index in [4.69, 9.17) is 37.0 Å². The lowest BCUT2D eigenvalue weighted by Crippen LogP contribution is -2.30. The Morgan fingerprint density at radius 1 is 0.287 bits per heavy atom. The zero-order valence-electron chi connectivity index (χ0n) is 61.4. The lowest BCUT2D eigenvalue weighted by atomic mass is 10.0. The Kier molecular flexibility index (Phi) is 64.3. The molecule has 0 aliphatic carbocycles. The molecular formula is C75H146O17P2. The van der Waals surface area contributed by atoms with Crippen molar-refractivity contribution in [3.05, 3.63) is 0 Å². The smallest absolute Gasteiger partial charge is 0.462 e. The first kappa shape index (κ1) is 92.1. The van der Waals surface area contributed by atoms with Crippen LogP contribution < -0.4 is 0 Å². The van der Waals surface area contributed by atoms with E-state index in [2.05, 4.69) is 48.5 Å². The van der Waals surface area contributed by atoms with Crippen molar-refractivity contribution in [2.45, 2.75) is 401 Å². The lowest BCUT2D eigenvalue weighted by molar-refractivity contribution is -0.161. The number of hydrogen-bond acceptors (Lipinski definition) is 15. The van der Waals surface area contributed by atoms with Crippen LogP contribution in [-0.2, 0) is 65.4 Å². The van der Waals surface area contributed by atoms with Gasteiger partial charge in [-0.05, 0) is 43.4 Å². The molecule has 2 unspecified atom stereocenters. The van der Waals surface area contributed by atoms with Gasteiger partial charge in [0.05, 0.1) is 26.4 Å². The Morgan fingerprint density at radius 2 is 0.489 bits per heavy atom. The molecule has 0 aromatic rings. The highest BCUT2D eigenvalue weighted by Gasteiger charge is 2.30. The maximum atomic E-state index is 13.1. The van der Waals surface area contributed by atoms with E-state index in [1.165, 1.54) is 193 Å². The number of esters is 4. The van der Waals surface area contributed by atoms with Crippen LogP contribution >= 0.6 is 15.6 Å². The van der Waals surface area contributed by atoms with E-state index in [-0.39, 0.29) is 25.7 Å². The molecule has 0 spiro atoms. The summed E-state index contributed by atoms with van der Waals surface area (Å²) < 4.78 is 68.5. The highest BCUT2D eigenvalue weighted by molar-refractivity contribution is 7.47. The number of ether oxygens (including phenoxy) is 4. The number of unbranched alkanes of at least 4 members (excludes halogenated alkanes) is 41. The number of phosphoric ester groups is 2. The Balaban J connectivity index is 5.25. The highest BCUT2D eigenvalue weighted by atomic mass is 31.2. The van der Waals surface area contributed by atoms with E-state index in [0.29, 0.717) is 25.7 Å². The maximum absolute atomic E-state index is 13.1. The Bertz CT molecular complexity index is 1840. The predicted octanol–water partition coefficient (Wildman–Crippen LogP) is 21.8. The van der Waals surface area contributed by atoms with Crippen LogP contribution in [0.25, 0.3) is 0 Å². The van der Waals surface area contributed by atoms with Gasteiger partial charge in [0, 0.05) is 25.7 Å². The molecule has 0 radical (unpaired) electrons. The fourth-order valence-electron chi connectivity index (χ4n) is 11.4. The fourth-order valence-corrected chi connectivity index (χ4v) is 13.0. The second-order valence-corrected chi connectivity index (χ2v) is 31.4. The third-order valence-electron chi connectivity index (χ3n) is 17.4. The summed E-state index contributed by atoms with van der Waals surface area (Å²) in [7, 11) is -9.91. The van der Waals surface area contributed by atoms with Gasteiger partial charge < -0.3 is 33.8 Å². The molecule has 0 aliphatic heterocycles. The number of rotatable bonds is 73. The van der Waals surface area contributed by atoms with E-state index in [0.717, 1.165) is 108 Å². The van der Waals surface area contributed by atoms with Crippen molar-refractivity contribution in [1.82, 2.24) is 0 Å². The lowest BCUT2D eigenvalue weighted by Gasteiger charge is -2.21. The van der Waals surface area contributed by atoms with Gasteiger partial charge in [-0.15, -0.1) is 0 Å². The minimum absolute atomic E-state index is 0.104. The van der Waals surface area contributed by atoms with Crippen LogP contribution in [0.4, 0.5) is 0 Å². The molecule has 3 N–H and O–H groups in total. The molecule has 0 fully saturated rings. The fraction of sp³-hybridized carbons (Fsp3) is 0.947. The van der Waals surface area contributed by atoms with Crippen LogP contribution in [0.15, 0.2) is 0 Å². The van der Waals surface area contributed by atoms with Crippen molar-refractivity contribution in [2.24, 2.45) is 17.8 Å². The SMILES string of the molecule is CCCCCCCCCCCCCCCCCC(=O)OC[C@H](COP(=O)(O)OC[C@@H](O)COP(=O)(O)OC[C@@H](COC(=O)CCCCCCCCCCC(C)C)OC(=O)CCCCCCCCCCC(C)C)OC(=O)CCCCCCCCCCCCCCCCC(C)C. The Morgan fingerprint density at radius 3 is 0.723 bits per heavy atom. The molecule has 0 heterocycles. The number of carbonyl (C=O) groups is 4. The van der Waals surface area contributed by atoms with E-state index < -0.39 is 97.5 Å². The molecular weight excluding hydrogens is 1230 g/mol. The van der Waals surface area contributed by atoms with Crippen molar-refractivity contribution in [2.75, 3.05) is 39.6 Å². The second kappa shape index (κ2) is 65.7. The van der Waals surface area contributed by atoms with Crippen molar-refractivity contribution < 1.29 is 80.2 Å². The molecule has 94 heavy (non-hydrogen) atoms. The average molecular weight is 1380 g/mol. The minimum atomic E-state index is -4.96. The number of phosphoric acid groups is 2. The quantitative estimate of drug-likeness (QED) is 0.0222. The molecule has 0 amide bonds. The summed E-state index contributed by atoms with van der Waals surface area (Å²) in [5, 5.41) is 10.6. The van der Waals surface area contributed by atoms with Gasteiger partial charge in [-0.1, -0.05) is 331 Å². The van der Waals surface area contributed by atoms with Crippen LogP contribution in [0.2, 0.25) is 0 Å². The summed E-state index contributed by atoms with van der Waals surface area (Å²) in [4.78, 5) is 72.8. The normalized spacial score (nSPS) is 14.1. The minimum Gasteiger partial charge on any atom is -0.462 e. The first-order valence-electron chi connectivity index (χ1n) is 38.8. The molecule has 17 nitrogen and oxygen atoms in total. The Labute approximate surface area is 575 Å². The summed E-state index contributed by atoms with van der Waals surface area (Å²) in [6, 6.07) is 0. The summed E-state index contributed by atoms with van der Waals surface area (Å²) in [5.41, 5.74) is 0. The standard InChI is InChI=1S/C75H146O17P2/c1-8-9-10-11-12-13-14-15-16-20-23-26-35-42-49-56-72(77)85-62-70(91-74(79)58-51-44-37-27-24-21-18-17-19-22-25-32-39-46-53-66(2)3)64-89-93(81,82)87-60-69(76)61-88-94(83,84)90-65-71(92-75(80)59-52-45-38-31-29-34-41-48-55-68(6)7)63-86-73(78)57-50-43-36-30-28-33-40-47-54-67(4)5/h66-71,76H,8-65H2,1-7H3,(H,81,82)(H,83,84)/t69-,70-,71-/m1/s1. The molecule has 0 aromatic heterocycles. The van der Waals surface area contributed by atoms with Crippen molar-refractivity contribution >= 4 is 39.5 Å². The van der Waals surface area contributed by atoms with E-state index in [1.54, 1.807) is 0 Å². The van der Waals surface area contributed by atoms with Gasteiger partial charge in [-0.25, -0.2) is 9.13 Å². The molecule has 19 heteroatoms. The number of hydrogen-bond donors (Lipinski definition) is 3. The zero-order chi connectivity index (χ0) is 69.4. The molecule has 0 saturated heterocycles. The number of aliphatic hydroxyl groups is 1. The summed E-state index contributed by atoms with van der Waals surface area (Å²) in [5.74, 6) is 0.119. The summed E-state index contributed by atoms with van der Waals surface area (Å²) >= 11 is 0. The van der Waals surface area contributed by atoms with E-state index >= 15 is 0 Å². The van der Waals surface area contributed by atoms with Gasteiger partial charge in [0.1, 0.15) is 19.3 Å². The molecule has 0 bridgehead atoms. The van der Waals surface area contributed by atoms with E-state index in [9.17, 15) is 43.2 Å². The van der Waals surface area contributed by atoms with E-state index in [1.807, 2.05) is 0 Å².